The predicted molar refractivity (Wildman–Crippen MR) is 97.7 cm³/mol. The van der Waals surface area contributed by atoms with Gasteiger partial charge in [0.25, 0.3) is 5.91 Å². The van der Waals surface area contributed by atoms with Crippen LogP contribution in [-0.4, -0.2) is 56.2 Å². The van der Waals surface area contributed by atoms with E-state index >= 15 is 0 Å². The number of hydrogen-bond donors (Lipinski definition) is 0. The van der Waals surface area contributed by atoms with Crippen LogP contribution in [0.3, 0.4) is 0 Å². The molecule has 1 aromatic heterocycles. The smallest absolute Gasteiger partial charge is 0.357 e. The summed E-state index contributed by atoms with van der Waals surface area (Å²) >= 11 is 1.32. The molecule has 0 radical (unpaired) electrons. The number of ether oxygens (including phenoxy) is 3. The van der Waals surface area contributed by atoms with Crippen LogP contribution in [0.2, 0.25) is 0 Å². The highest BCUT2D eigenvalue weighted by molar-refractivity contribution is 7.09. The summed E-state index contributed by atoms with van der Waals surface area (Å²) in [6, 6.07) is 6.96. The van der Waals surface area contributed by atoms with Gasteiger partial charge in [-0.3, -0.25) is 4.79 Å². The lowest BCUT2D eigenvalue weighted by atomic mass is 10.2. The van der Waals surface area contributed by atoms with Crippen LogP contribution in [0.25, 0.3) is 0 Å². The summed E-state index contributed by atoms with van der Waals surface area (Å²) in [5, 5.41) is 2.30. The van der Waals surface area contributed by atoms with Gasteiger partial charge in [0.15, 0.2) is 5.69 Å². The van der Waals surface area contributed by atoms with Crippen molar-refractivity contribution >= 4 is 23.2 Å². The van der Waals surface area contributed by atoms with Crippen molar-refractivity contribution in [3.63, 3.8) is 0 Å². The molecule has 0 atom stereocenters. The number of rotatable bonds is 9. The van der Waals surface area contributed by atoms with E-state index < -0.39 is 5.97 Å². The molecule has 0 bridgehead atoms. The van der Waals surface area contributed by atoms with Crippen LogP contribution in [0, 0.1) is 0 Å². The van der Waals surface area contributed by atoms with Crippen molar-refractivity contribution in [1.29, 1.82) is 0 Å². The maximum Gasteiger partial charge on any atom is 0.357 e. The Morgan fingerprint density at radius 3 is 2.50 bits per heavy atom. The number of carbonyl (C=O) groups is 2. The molecule has 0 aliphatic carbocycles. The molecule has 1 heterocycles. The highest BCUT2D eigenvalue weighted by atomic mass is 32.1. The summed E-state index contributed by atoms with van der Waals surface area (Å²) in [5.74, 6) is 0.0913. The summed E-state index contributed by atoms with van der Waals surface area (Å²) in [5.41, 5.74) is 0.814. The van der Waals surface area contributed by atoms with E-state index in [1.165, 1.54) is 18.4 Å². The van der Waals surface area contributed by atoms with Crippen LogP contribution < -0.4 is 4.74 Å². The average Bonchev–Trinajstić information content (AvgIpc) is 3.15. The van der Waals surface area contributed by atoms with E-state index in [0.29, 0.717) is 42.4 Å². The molecule has 2 rings (SSSR count). The lowest BCUT2D eigenvalue weighted by Gasteiger charge is -2.21. The Labute approximate surface area is 156 Å². The Balaban J connectivity index is 2.14. The molecule has 0 N–H and O–H groups in total. The summed E-state index contributed by atoms with van der Waals surface area (Å²) in [4.78, 5) is 30.4. The molecule has 0 aliphatic rings. The standard InChI is InChI=1S/C18H22N2O5S/c1-23-10-4-9-20(11-16-19-15(12-26-16)18(22)25-3)17(21)13-5-7-14(24-2)8-6-13/h5-8,12H,4,9-11H2,1-3H3. The third-order valence-corrected chi connectivity index (χ3v) is 4.51. The normalized spacial score (nSPS) is 10.4. The van der Waals surface area contributed by atoms with Gasteiger partial charge in [0.2, 0.25) is 0 Å². The predicted octanol–water partition coefficient (Wildman–Crippen LogP) is 2.62. The highest BCUT2D eigenvalue weighted by Crippen LogP contribution is 2.17. The molecule has 0 fully saturated rings. The maximum atomic E-state index is 12.9. The van der Waals surface area contributed by atoms with Crippen molar-refractivity contribution in [3.05, 3.63) is 45.9 Å². The van der Waals surface area contributed by atoms with Crippen molar-refractivity contribution in [2.24, 2.45) is 0 Å². The van der Waals surface area contributed by atoms with Gasteiger partial charge in [-0.05, 0) is 30.7 Å². The number of carbonyl (C=O) groups excluding carboxylic acids is 2. The molecule has 0 saturated heterocycles. The Morgan fingerprint density at radius 2 is 1.88 bits per heavy atom. The molecule has 0 spiro atoms. The van der Waals surface area contributed by atoms with Gasteiger partial charge >= 0.3 is 5.97 Å². The van der Waals surface area contributed by atoms with Crippen molar-refractivity contribution in [3.8, 4) is 5.75 Å². The summed E-state index contributed by atoms with van der Waals surface area (Å²) in [7, 11) is 4.51. The first-order chi connectivity index (χ1) is 12.6. The summed E-state index contributed by atoms with van der Waals surface area (Å²) in [6.45, 7) is 1.39. The highest BCUT2D eigenvalue weighted by Gasteiger charge is 2.19. The fourth-order valence-corrected chi connectivity index (χ4v) is 3.09. The van der Waals surface area contributed by atoms with E-state index in [4.69, 9.17) is 9.47 Å². The molecule has 7 nitrogen and oxygen atoms in total. The number of esters is 1. The third-order valence-electron chi connectivity index (χ3n) is 3.67. The van der Waals surface area contributed by atoms with Crippen LogP contribution in [0.1, 0.15) is 32.3 Å². The Bertz CT molecular complexity index is 729. The van der Waals surface area contributed by atoms with Gasteiger partial charge in [-0.25, -0.2) is 9.78 Å². The van der Waals surface area contributed by atoms with Gasteiger partial charge in [0.05, 0.1) is 20.8 Å². The van der Waals surface area contributed by atoms with Crippen molar-refractivity contribution in [2.45, 2.75) is 13.0 Å². The zero-order chi connectivity index (χ0) is 18.9. The fourth-order valence-electron chi connectivity index (χ4n) is 2.31. The minimum Gasteiger partial charge on any atom is -0.497 e. The number of aromatic nitrogens is 1. The van der Waals surface area contributed by atoms with Gasteiger partial charge in [-0.2, -0.15) is 0 Å². The van der Waals surface area contributed by atoms with Gasteiger partial charge in [-0.1, -0.05) is 0 Å². The van der Waals surface area contributed by atoms with E-state index in [2.05, 4.69) is 9.72 Å². The summed E-state index contributed by atoms with van der Waals surface area (Å²) < 4.78 is 14.9. The third kappa shape index (κ3) is 5.27. The molecule has 8 heteroatoms. The van der Waals surface area contributed by atoms with Crippen LogP contribution in [-0.2, 0) is 16.0 Å². The van der Waals surface area contributed by atoms with Gasteiger partial charge < -0.3 is 19.1 Å². The Morgan fingerprint density at radius 1 is 1.15 bits per heavy atom. The zero-order valence-electron chi connectivity index (χ0n) is 15.1. The van der Waals surface area contributed by atoms with Crippen LogP contribution >= 0.6 is 11.3 Å². The molecule has 26 heavy (non-hydrogen) atoms. The van der Waals surface area contributed by atoms with Crippen LogP contribution in [0.5, 0.6) is 5.75 Å². The van der Waals surface area contributed by atoms with Gasteiger partial charge in [0, 0.05) is 31.2 Å². The molecule has 140 valence electrons. The second kappa shape index (κ2) is 9.88. The lowest BCUT2D eigenvalue weighted by molar-refractivity contribution is 0.0594. The largest absolute Gasteiger partial charge is 0.497 e. The molecule has 0 aliphatic heterocycles. The first kappa shape index (κ1) is 19.9. The van der Waals surface area contributed by atoms with Crippen molar-refractivity contribution < 1.29 is 23.8 Å². The summed E-state index contributed by atoms with van der Waals surface area (Å²) in [6.07, 6.45) is 0.702. The second-order valence-electron chi connectivity index (χ2n) is 5.42. The van der Waals surface area contributed by atoms with Crippen LogP contribution in [0.4, 0.5) is 0 Å². The number of amides is 1. The van der Waals surface area contributed by atoms with E-state index in [-0.39, 0.29) is 11.6 Å². The number of thiazole rings is 1. The fraction of sp³-hybridized carbons (Fsp3) is 0.389. The lowest BCUT2D eigenvalue weighted by Crippen LogP contribution is -2.32. The van der Waals surface area contributed by atoms with E-state index in [0.717, 1.165) is 0 Å². The molecular formula is C18H22N2O5S. The van der Waals surface area contributed by atoms with E-state index in [1.807, 2.05) is 0 Å². The number of hydrogen-bond acceptors (Lipinski definition) is 7. The van der Waals surface area contributed by atoms with E-state index in [9.17, 15) is 9.59 Å². The Kier molecular flexibility index (Phi) is 7.55. The molecule has 0 unspecified atom stereocenters. The van der Waals surface area contributed by atoms with Crippen molar-refractivity contribution in [1.82, 2.24) is 9.88 Å². The number of nitrogens with zero attached hydrogens (tertiary/aromatic N) is 2. The zero-order valence-corrected chi connectivity index (χ0v) is 15.9. The average molecular weight is 378 g/mol. The minimum atomic E-state index is -0.486. The minimum absolute atomic E-state index is 0.112. The topological polar surface area (TPSA) is 78.0 Å². The van der Waals surface area contributed by atoms with Crippen LogP contribution in [0.15, 0.2) is 29.6 Å². The molecule has 2 aromatic rings. The SMILES string of the molecule is COCCCN(Cc1nc(C(=O)OC)cs1)C(=O)c1ccc(OC)cc1. The van der Waals surface area contributed by atoms with Gasteiger partial charge in [0.1, 0.15) is 10.8 Å². The van der Waals surface area contributed by atoms with E-state index in [1.54, 1.807) is 48.8 Å². The van der Waals surface area contributed by atoms with Crippen molar-refractivity contribution in [2.75, 3.05) is 34.5 Å². The first-order valence-electron chi connectivity index (χ1n) is 8.04. The molecular weight excluding hydrogens is 356 g/mol. The monoisotopic (exact) mass is 378 g/mol. The van der Waals surface area contributed by atoms with Gasteiger partial charge in [-0.15, -0.1) is 11.3 Å². The Hall–Kier alpha value is -2.45. The number of methoxy groups -OCH3 is 3. The quantitative estimate of drug-likeness (QED) is 0.493. The molecule has 1 aromatic carbocycles. The number of benzene rings is 1. The first-order valence-corrected chi connectivity index (χ1v) is 8.92. The maximum absolute atomic E-state index is 12.9. The molecule has 1 amide bonds. The molecule has 0 saturated carbocycles. The second-order valence-corrected chi connectivity index (χ2v) is 6.36.